The Morgan fingerprint density at radius 3 is 2.56 bits per heavy atom. The van der Waals surface area contributed by atoms with Crippen molar-refractivity contribution in [2.45, 2.75) is 0 Å². The van der Waals surface area contributed by atoms with Gasteiger partial charge in [-0.1, -0.05) is 41.1 Å². The van der Waals surface area contributed by atoms with Gasteiger partial charge in [0.05, 0.1) is 12.6 Å². The Morgan fingerprint density at radius 1 is 1.00 bits per heavy atom. The molecule has 3 aromatic carbocycles. The average Bonchev–Trinajstić information content (AvgIpc) is 2.66. The number of nitriles is 1. The van der Waals surface area contributed by atoms with Gasteiger partial charge in [-0.05, 0) is 23.2 Å². The zero-order valence-electron chi connectivity index (χ0n) is 12.9. The van der Waals surface area contributed by atoms with E-state index in [1.165, 1.54) is 0 Å². The van der Waals surface area contributed by atoms with Crippen molar-refractivity contribution >= 4 is 27.2 Å². The van der Waals surface area contributed by atoms with Gasteiger partial charge in [0.15, 0.2) is 5.69 Å². The van der Waals surface area contributed by atoms with Crippen LogP contribution >= 0.6 is 0 Å². The summed E-state index contributed by atoms with van der Waals surface area (Å²) in [4.78, 5) is 7.81. The maximum absolute atomic E-state index is 9.03. The molecular weight excluding hydrogens is 486 g/mol. The average molecular weight is 497 g/mol. The van der Waals surface area contributed by atoms with Gasteiger partial charge in [0.1, 0.15) is 0 Å². The van der Waals surface area contributed by atoms with E-state index in [4.69, 9.17) is 11.8 Å². The molecule has 25 heavy (non-hydrogen) atoms. The van der Waals surface area contributed by atoms with Crippen LogP contribution in [0.4, 0.5) is 5.69 Å². The molecule has 0 amide bonds. The van der Waals surface area contributed by atoms with Crippen LogP contribution < -0.4 is 0 Å². The van der Waals surface area contributed by atoms with Crippen LogP contribution in [0.5, 0.6) is 0 Å². The molecule has 0 atom stereocenters. The van der Waals surface area contributed by atoms with Crippen LogP contribution in [0.15, 0.2) is 60.8 Å². The second-order valence-electron chi connectivity index (χ2n) is 5.47. The van der Waals surface area contributed by atoms with Crippen molar-refractivity contribution in [1.82, 2.24) is 4.98 Å². The third kappa shape index (κ3) is 3.02. The third-order valence-electron chi connectivity index (χ3n) is 4.04. The number of hydrogen-bond donors (Lipinski definition) is 0. The third-order valence-corrected chi connectivity index (χ3v) is 4.04. The zero-order valence-corrected chi connectivity index (χ0v) is 15.3. The maximum atomic E-state index is 9.03. The molecule has 119 valence electrons. The topological polar surface area (TPSA) is 41.0 Å². The monoisotopic (exact) mass is 497 g/mol. The minimum absolute atomic E-state index is 0. The SMILES string of the molecule is [C-]#[N+]c1ccc2c(ccc3cc(-c4cc(C#N)ccn4)[c-]cc32)c1.[Ir]. The summed E-state index contributed by atoms with van der Waals surface area (Å²) in [5, 5.41) is 13.3. The first-order valence-electron chi connectivity index (χ1n) is 7.41. The summed E-state index contributed by atoms with van der Waals surface area (Å²) in [6, 6.07) is 22.6. The summed E-state index contributed by atoms with van der Waals surface area (Å²) in [7, 11) is 0. The van der Waals surface area contributed by atoms with E-state index in [2.05, 4.69) is 22.0 Å². The molecule has 4 rings (SSSR count). The van der Waals surface area contributed by atoms with Gasteiger partial charge in [-0.25, -0.2) is 4.85 Å². The minimum atomic E-state index is 0. The summed E-state index contributed by atoms with van der Waals surface area (Å²) in [6.07, 6.45) is 1.64. The van der Waals surface area contributed by atoms with Gasteiger partial charge in [-0.3, -0.25) is 0 Å². The molecule has 0 aliphatic heterocycles. The van der Waals surface area contributed by atoms with Crippen LogP contribution in [0.2, 0.25) is 0 Å². The predicted molar refractivity (Wildman–Crippen MR) is 94.5 cm³/mol. The zero-order chi connectivity index (χ0) is 16.5. The summed E-state index contributed by atoms with van der Waals surface area (Å²) in [6.45, 7) is 7.13. The Balaban J connectivity index is 0.00000182. The van der Waals surface area contributed by atoms with Crippen LogP contribution in [0.25, 0.3) is 37.6 Å². The van der Waals surface area contributed by atoms with Crippen LogP contribution in [-0.4, -0.2) is 4.98 Å². The molecule has 1 aromatic heterocycles. The summed E-state index contributed by atoms with van der Waals surface area (Å²) < 4.78 is 0. The van der Waals surface area contributed by atoms with Crippen LogP contribution in [0.3, 0.4) is 0 Å². The molecule has 0 saturated carbocycles. The predicted octanol–water partition coefficient (Wildman–Crippen LogP) is 5.28. The molecular formula is C21H10IrN3-. The Hall–Kier alpha value is -3.04. The van der Waals surface area contributed by atoms with Crippen molar-refractivity contribution in [3.63, 3.8) is 0 Å². The molecule has 0 spiro atoms. The molecule has 0 saturated heterocycles. The second-order valence-corrected chi connectivity index (χ2v) is 5.47. The van der Waals surface area contributed by atoms with E-state index in [1.54, 1.807) is 18.3 Å². The fourth-order valence-electron chi connectivity index (χ4n) is 2.86. The van der Waals surface area contributed by atoms with Gasteiger partial charge in [0.25, 0.3) is 0 Å². The molecule has 3 nitrogen and oxygen atoms in total. The summed E-state index contributed by atoms with van der Waals surface area (Å²) >= 11 is 0. The van der Waals surface area contributed by atoms with Crippen molar-refractivity contribution in [1.29, 1.82) is 5.26 Å². The van der Waals surface area contributed by atoms with Crippen molar-refractivity contribution in [2.24, 2.45) is 0 Å². The van der Waals surface area contributed by atoms with Gasteiger partial charge in [-0.15, -0.1) is 29.1 Å². The number of hydrogen-bond acceptors (Lipinski definition) is 2. The number of rotatable bonds is 1. The summed E-state index contributed by atoms with van der Waals surface area (Å²) in [5.41, 5.74) is 2.81. The fourth-order valence-corrected chi connectivity index (χ4v) is 2.86. The van der Waals surface area contributed by atoms with Crippen LogP contribution in [-0.2, 0) is 20.1 Å². The first-order chi connectivity index (χ1) is 11.8. The molecule has 0 N–H and O–H groups in total. The molecule has 0 fully saturated rings. The van der Waals surface area contributed by atoms with E-state index >= 15 is 0 Å². The van der Waals surface area contributed by atoms with Crippen molar-refractivity contribution in [2.75, 3.05) is 0 Å². The van der Waals surface area contributed by atoms with E-state index in [-0.39, 0.29) is 20.1 Å². The van der Waals surface area contributed by atoms with Crippen molar-refractivity contribution in [3.05, 3.63) is 83.8 Å². The molecule has 0 bridgehead atoms. The number of fused-ring (bicyclic) bond motifs is 3. The number of aromatic nitrogens is 1. The standard InChI is InChI=1S/C21H10N3.Ir/c1-23-18-5-7-20-16(12-18)3-2-15-11-17(4-6-19(15)20)21-10-14(13-22)8-9-24-21;/h2-3,5-12H;/q-1;. The smallest absolute Gasteiger partial charge is 0.187 e. The Kier molecular flexibility index (Phi) is 4.59. The van der Waals surface area contributed by atoms with Gasteiger partial charge in [0.2, 0.25) is 0 Å². The Bertz CT molecular complexity index is 1180. The van der Waals surface area contributed by atoms with E-state index in [9.17, 15) is 0 Å². The normalized spacial score (nSPS) is 10.0. The Morgan fingerprint density at radius 2 is 1.80 bits per heavy atom. The maximum Gasteiger partial charge on any atom is 0.187 e. The minimum Gasteiger partial charge on any atom is -0.305 e. The van der Waals surface area contributed by atoms with E-state index in [0.717, 1.165) is 32.8 Å². The molecule has 4 heteroatoms. The van der Waals surface area contributed by atoms with Crippen LogP contribution in [0.1, 0.15) is 5.56 Å². The number of pyridine rings is 1. The van der Waals surface area contributed by atoms with Gasteiger partial charge in [-0.2, -0.15) is 5.26 Å². The Labute approximate surface area is 158 Å². The van der Waals surface area contributed by atoms with Gasteiger partial charge in [0, 0.05) is 31.9 Å². The molecule has 1 radical (unpaired) electrons. The fraction of sp³-hybridized carbons (Fsp3) is 0. The number of nitrogens with zero attached hydrogens (tertiary/aromatic N) is 3. The van der Waals surface area contributed by atoms with Crippen LogP contribution in [0, 0.1) is 24.0 Å². The van der Waals surface area contributed by atoms with Crippen molar-refractivity contribution in [3.8, 4) is 17.3 Å². The second kappa shape index (κ2) is 6.83. The quantitative estimate of drug-likeness (QED) is 0.266. The van der Waals surface area contributed by atoms with Gasteiger partial charge >= 0.3 is 0 Å². The first kappa shape index (κ1) is 16.8. The van der Waals surface area contributed by atoms with E-state index in [1.807, 2.05) is 42.5 Å². The molecule has 0 unspecified atom stereocenters. The molecule has 0 aliphatic carbocycles. The van der Waals surface area contributed by atoms with E-state index in [0.29, 0.717) is 11.3 Å². The summed E-state index contributed by atoms with van der Waals surface area (Å²) in [5.74, 6) is 0. The number of benzene rings is 3. The largest absolute Gasteiger partial charge is 0.305 e. The van der Waals surface area contributed by atoms with Gasteiger partial charge < -0.3 is 4.98 Å². The molecule has 1 heterocycles. The van der Waals surface area contributed by atoms with Crippen molar-refractivity contribution < 1.29 is 20.1 Å². The van der Waals surface area contributed by atoms with E-state index < -0.39 is 0 Å². The molecule has 4 aromatic rings. The molecule has 0 aliphatic rings. The first-order valence-corrected chi connectivity index (χ1v) is 7.41.